The number of carboxylic acid groups (broad SMARTS) is 1. The van der Waals surface area contributed by atoms with Crippen molar-refractivity contribution in [1.29, 1.82) is 0 Å². The Morgan fingerprint density at radius 2 is 1.86 bits per heavy atom. The normalized spacial score (nSPS) is 21.7. The number of aliphatic carboxylic acids is 1. The second-order valence-electron chi connectivity index (χ2n) is 8.82. The Labute approximate surface area is 208 Å². The number of carboxylic acids is 1. The number of carbonyl (C=O) groups is 1. The van der Waals surface area contributed by atoms with Crippen molar-refractivity contribution in [2.75, 3.05) is 39.9 Å². The van der Waals surface area contributed by atoms with E-state index in [9.17, 15) is 21.6 Å². The fourth-order valence-corrected chi connectivity index (χ4v) is 5.91. The number of fused-ring (bicyclic) bond motifs is 1. The van der Waals surface area contributed by atoms with E-state index in [0.29, 0.717) is 32.0 Å². The molecule has 8 nitrogen and oxygen atoms in total. The summed E-state index contributed by atoms with van der Waals surface area (Å²) in [6.07, 6.45) is -4.30. The highest BCUT2D eigenvalue weighted by atomic mass is 32.2. The quantitative estimate of drug-likeness (QED) is 0.634. The van der Waals surface area contributed by atoms with E-state index in [4.69, 9.17) is 19.4 Å². The van der Waals surface area contributed by atoms with Crippen molar-refractivity contribution in [3.05, 3.63) is 59.7 Å². The minimum Gasteiger partial charge on any atom is -0.483 e. The average molecular weight is 531 g/mol. The van der Waals surface area contributed by atoms with Gasteiger partial charge in [-0.3, -0.25) is 4.90 Å². The predicted molar refractivity (Wildman–Crippen MR) is 125 cm³/mol. The second kappa shape index (κ2) is 11.2. The molecular weight excluding hydrogens is 501 g/mol. The van der Waals surface area contributed by atoms with Crippen LogP contribution in [0.3, 0.4) is 0 Å². The van der Waals surface area contributed by atoms with Crippen molar-refractivity contribution in [3.8, 4) is 5.75 Å². The number of halogens is 3. The molecule has 2 aromatic carbocycles. The van der Waals surface area contributed by atoms with Crippen molar-refractivity contribution in [2.24, 2.45) is 0 Å². The monoisotopic (exact) mass is 530 g/mol. The average Bonchev–Trinajstić information content (AvgIpc) is 3.14. The van der Waals surface area contributed by atoms with E-state index in [1.807, 2.05) is 6.07 Å². The summed E-state index contributed by atoms with van der Waals surface area (Å²) in [5.74, 6) is -2.31. The molecule has 1 saturated heterocycles. The highest BCUT2D eigenvalue weighted by Gasteiger charge is 2.47. The molecule has 0 aromatic heterocycles. The van der Waals surface area contributed by atoms with Crippen LogP contribution in [0, 0.1) is 6.92 Å². The Bertz CT molecular complexity index is 1170. The van der Waals surface area contributed by atoms with Crippen molar-refractivity contribution in [1.82, 2.24) is 9.21 Å². The maximum absolute atomic E-state index is 13.3. The minimum atomic E-state index is -5.08. The molecule has 36 heavy (non-hydrogen) atoms. The van der Waals surface area contributed by atoms with Crippen LogP contribution in [0.1, 0.15) is 17.5 Å². The van der Waals surface area contributed by atoms with Crippen LogP contribution >= 0.6 is 0 Å². The summed E-state index contributed by atoms with van der Waals surface area (Å²) in [7, 11) is -2.04. The van der Waals surface area contributed by atoms with Gasteiger partial charge in [0.1, 0.15) is 16.2 Å². The van der Waals surface area contributed by atoms with Crippen molar-refractivity contribution < 1.29 is 41.0 Å². The third kappa shape index (κ3) is 6.75. The van der Waals surface area contributed by atoms with Crippen molar-refractivity contribution in [2.45, 2.75) is 36.6 Å². The van der Waals surface area contributed by atoms with E-state index in [2.05, 4.69) is 36.1 Å². The van der Waals surface area contributed by atoms with Gasteiger partial charge in [0.25, 0.3) is 0 Å². The molecule has 0 saturated carbocycles. The van der Waals surface area contributed by atoms with E-state index in [-0.39, 0.29) is 4.90 Å². The van der Waals surface area contributed by atoms with Crippen molar-refractivity contribution in [3.63, 3.8) is 0 Å². The number of likely N-dealkylation sites (tertiary alicyclic amines) is 1. The van der Waals surface area contributed by atoms with Crippen LogP contribution in [0.15, 0.2) is 53.4 Å². The lowest BCUT2D eigenvalue weighted by atomic mass is 10.0. The molecule has 2 aromatic rings. The third-order valence-electron chi connectivity index (χ3n) is 5.93. The summed E-state index contributed by atoms with van der Waals surface area (Å²) in [6.45, 7) is 5.49. The summed E-state index contributed by atoms with van der Waals surface area (Å²) in [4.78, 5) is 11.5. The van der Waals surface area contributed by atoms with E-state index in [1.54, 1.807) is 25.3 Å². The lowest BCUT2D eigenvalue weighted by Crippen LogP contribution is -2.49. The number of sulfonamides is 1. The molecule has 0 amide bonds. The molecule has 12 heteroatoms. The Hall–Kier alpha value is -2.67. The number of methoxy groups -OCH3 is 1. The first-order valence-corrected chi connectivity index (χ1v) is 12.7. The summed E-state index contributed by atoms with van der Waals surface area (Å²) >= 11 is 0. The number of ether oxygens (including phenoxy) is 2. The first-order chi connectivity index (χ1) is 16.9. The van der Waals surface area contributed by atoms with E-state index in [0.717, 1.165) is 19.5 Å². The number of benzene rings is 2. The smallest absolute Gasteiger partial charge is 0.483 e. The van der Waals surface area contributed by atoms with Gasteiger partial charge in [0, 0.05) is 39.7 Å². The first kappa shape index (κ1) is 27.9. The molecule has 2 heterocycles. The van der Waals surface area contributed by atoms with Gasteiger partial charge in [-0.15, -0.1) is 0 Å². The number of rotatable bonds is 5. The topological polar surface area (TPSA) is 96.4 Å². The molecule has 198 valence electrons. The Morgan fingerprint density at radius 1 is 1.17 bits per heavy atom. The summed E-state index contributed by atoms with van der Waals surface area (Å²) in [5.41, 5.74) is 1.95. The van der Waals surface area contributed by atoms with Gasteiger partial charge in [0.2, 0.25) is 10.0 Å². The zero-order valence-corrected chi connectivity index (χ0v) is 20.8. The molecule has 1 atom stereocenters. The molecule has 2 aliphatic rings. The van der Waals surface area contributed by atoms with Gasteiger partial charge in [0.15, 0.2) is 0 Å². The predicted octanol–water partition coefficient (Wildman–Crippen LogP) is 3.30. The van der Waals surface area contributed by atoms with Crippen LogP contribution in [0.4, 0.5) is 13.2 Å². The number of nitrogens with zero attached hydrogens (tertiary/aromatic N) is 2. The second-order valence-corrected chi connectivity index (χ2v) is 10.7. The highest BCUT2D eigenvalue weighted by Crippen LogP contribution is 2.38. The Kier molecular flexibility index (Phi) is 8.65. The molecule has 2 aliphatic heterocycles. The largest absolute Gasteiger partial charge is 0.490 e. The molecule has 1 spiro atoms. The van der Waals surface area contributed by atoms with E-state index < -0.39 is 27.8 Å². The van der Waals surface area contributed by atoms with Gasteiger partial charge in [-0.05, 0) is 24.6 Å². The Balaban J connectivity index is 0.000000454. The van der Waals surface area contributed by atoms with Crippen LogP contribution in [-0.4, -0.2) is 80.4 Å². The van der Waals surface area contributed by atoms with E-state index in [1.165, 1.54) is 15.4 Å². The summed E-state index contributed by atoms with van der Waals surface area (Å²) in [5, 5.41) is 7.12. The molecule has 1 N–H and O–H groups in total. The number of aryl methyl sites for hydroxylation is 1. The summed E-state index contributed by atoms with van der Waals surface area (Å²) < 4.78 is 71.4. The van der Waals surface area contributed by atoms with E-state index >= 15 is 0 Å². The minimum absolute atomic E-state index is 0.241. The lowest BCUT2D eigenvalue weighted by molar-refractivity contribution is -0.192. The summed E-state index contributed by atoms with van der Waals surface area (Å²) in [6, 6.07) is 15.5. The van der Waals surface area contributed by atoms with Gasteiger partial charge in [-0.25, -0.2) is 13.2 Å². The molecule has 4 rings (SSSR count). The zero-order valence-electron chi connectivity index (χ0n) is 20.0. The Morgan fingerprint density at radius 3 is 2.50 bits per heavy atom. The van der Waals surface area contributed by atoms with Crippen molar-refractivity contribution >= 4 is 16.0 Å². The van der Waals surface area contributed by atoms with Gasteiger partial charge < -0.3 is 14.6 Å². The van der Waals surface area contributed by atoms with Gasteiger partial charge in [0.05, 0.1) is 13.2 Å². The van der Waals surface area contributed by atoms with Gasteiger partial charge >= 0.3 is 12.1 Å². The van der Waals surface area contributed by atoms with Crippen LogP contribution in [0.5, 0.6) is 5.75 Å². The highest BCUT2D eigenvalue weighted by molar-refractivity contribution is 7.89. The van der Waals surface area contributed by atoms with Gasteiger partial charge in [-0.2, -0.15) is 17.5 Å². The maximum Gasteiger partial charge on any atom is 0.490 e. The molecular formula is C24H29F3N2O6S. The van der Waals surface area contributed by atoms with Crippen LogP contribution in [0.25, 0.3) is 0 Å². The lowest BCUT2D eigenvalue weighted by Gasteiger charge is -2.32. The fourth-order valence-electron chi connectivity index (χ4n) is 4.29. The number of alkyl halides is 3. The fraction of sp³-hybridized carbons (Fsp3) is 0.458. The molecule has 0 aliphatic carbocycles. The maximum atomic E-state index is 13.3. The molecule has 1 unspecified atom stereocenters. The zero-order chi connectivity index (χ0) is 26.6. The SMILES string of the molecule is COCCN1CC2(CCN(Cc3cccc(C)c3)C2)Oc2ccccc2S1(=O)=O.O=C(O)C(F)(F)F. The number of hydrogen-bond acceptors (Lipinski definition) is 6. The molecule has 0 bridgehead atoms. The van der Waals surface area contributed by atoms with Crippen LogP contribution < -0.4 is 4.74 Å². The standard InChI is InChI=1S/C22H28N2O4S.C2HF3O2/c1-18-6-5-7-19(14-18)15-23-11-10-22(16-23)17-24(12-13-27-2)29(25,26)21-9-4-3-8-20(21)28-22;3-2(4,5)1(6)7/h3-9,14H,10-13,15-17H2,1-2H3;(H,6,7). The van der Waals surface area contributed by atoms with Gasteiger partial charge in [-0.1, -0.05) is 42.0 Å². The van der Waals surface area contributed by atoms with Crippen LogP contribution in [0.2, 0.25) is 0 Å². The first-order valence-electron chi connectivity index (χ1n) is 11.2. The third-order valence-corrected chi connectivity index (χ3v) is 7.81. The molecule has 0 radical (unpaired) electrons. The number of para-hydroxylation sites is 1. The van der Waals surface area contributed by atoms with Crippen LogP contribution in [-0.2, 0) is 26.1 Å². The molecule has 1 fully saturated rings. The number of hydrogen-bond donors (Lipinski definition) is 1.